The largest absolute Gasteiger partial charge is 0.324 e. The lowest BCUT2D eigenvalue weighted by atomic mass is 10.2. The number of fused-ring (bicyclic) bond motifs is 1. The van der Waals surface area contributed by atoms with Crippen LogP contribution < -0.4 is 9.62 Å². The first kappa shape index (κ1) is 15.5. The minimum absolute atomic E-state index is 0.0171. The first-order valence-corrected chi connectivity index (χ1v) is 8.52. The van der Waals surface area contributed by atoms with Crippen molar-refractivity contribution in [1.29, 1.82) is 0 Å². The van der Waals surface area contributed by atoms with Crippen LogP contribution in [0, 0.1) is 5.82 Å². The zero-order chi connectivity index (χ0) is 16.6. The predicted octanol–water partition coefficient (Wildman–Crippen LogP) is 2.75. The van der Waals surface area contributed by atoms with E-state index in [9.17, 15) is 17.6 Å². The SMILES string of the molecule is C[C@H]1CC(=O)Nc2ccccc2N1S(=O)(=O)c1cccc(F)c1. The topological polar surface area (TPSA) is 66.5 Å². The molecule has 7 heteroatoms. The van der Waals surface area contributed by atoms with Crippen molar-refractivity contribution in [3.05, 3.63) is 54.3 Å². The van der Waals surface area contributed by atoms with Crippen LogP contribution >= 0.6 is 0 Å². The number of carbonyl (C=O) groups excluding carboxylic acids is 1. The van der Waals surface area contributed by atoms with Crippen molar-refractivity contribution in [1.82, 2.24) is 0 Å². The van der Waals surface area contributed by atoms with E-state index in [2.05, 4.69) is 5.32 Å². The average Bonchev–Trinajstić information content (AvgIpc) is 2.61. The minimum Gasteiger partial charge on any atom is -0.324 e. The number of nitrogens with zero attached hydrogens (tertiary/aromatic N) is 1. The van der Waals surface area contributed by atoms with Crippen molar-refractivity contribution >= 4 is 27.3 Å². The fourth-order valence-corrected chi connectivity index (χ4v) is 4.37. The van der Waals surface area contributed by atoms with Gasteiger partial charge in [-0.05, 0) is 37.3 Å². The molecule has 1 N–H and O–H groups in total. The number of rotatable bonds is 2. The second-order valence-corrected chi connectivity index (χ2v) is 7.19. The standard InChI is InChI=1S/C16H15FN2O3S/c1-11-9-16(20)18-14-7-2-3-8-15(14)19(11)23(21,22)13-6-4-5-12(17)10-13/h2-8,10-11H,9H2,1H3,(H,18,20)/t11-/m0/s1. The Hall–Kier alpha value is -2.41. The normalized spacial score (nSPS) is 18.1. The Labute approximate surface area is 133 Å². The summed E-state index contributed by atoms with van der Waals surface area (Å²) in [5, 5.41) is 2.70. The van der Waals surface area contributed by atoms with E-state index in [0.29, 0.717) is 11.4 Å². The van der Waals surface area contributed by atoms with Crippen LogP contribution in [0.3, 0.4) is 0 Å². The number of halogens is 1. The van der Waals surface area contributed by atoms with Crippen LogP contribution in [0.25, 0.3) is 0 Å². The summed E-state index contributed by atoms with van der Waals surface area (Å²) in [5.41, 5.74) is 0.789. The molecule has 2 aromatic carbocycles. The molecule has 23 heavy (non-hydrogen) atoms. The zero-order valence-corrected chi connectivity index (χ0v) is 13.2. The molecule has 0 unspecified atom stereocenters. The number of nitrogens with one attached hydrogen (secondary N) is 1. The highest BCUT2D eigenvalue weighted by molar-refractivity contribution is 7.92. The van der Waals surface area contributed by atoms with Gasteiger partial charge in [0.15, 0.2) is 0 Å². The van der Waals surface area contributed by atoms with Gasteiger partial charge in [0.25, 0.3) is 10.0 Å². The van der Waals surface area contributed by atoms with E-state index in [4.69, 9.17) is 0 Å². The quantitative estimate of drug-likeness (QED) is 0.918. The molecule has 3 rings (SSSR count). The fourth-order valence-electron chi connectivity index (χ4n) is 2.67. The highest BCUT2D eigenvalue weighted by Gasteiger charge is 2.34. The van der Waals surface area contributed by atoms with Gasteiger partial charge in [0.2, 0.25) is 5.91 Å². The number of hydrogen-bond acceptors (Lipinski definition) is 3. The Kier molecular flexibility index (Phi) is 3.81. The third-order valence-corrected chi connectivity index (χ3v) is 5.57. The summed E-state index contributed by atoms with van der Waals surface area (Å²) < 4.78 is 40.6. The van der Waals surface area contributed by atoms with Gasteiger partial charge in [-0.15, -0.1) is 0 Å². The van der Waals surface area contributed by atoms with E-state index in [0.717, 1.165) is 6.07 Å². The Morgan fingerprint density at radius 1 is 1.17 bits per heavy atom. The van der Waals surface area contributed by atoms with Crippen LogP contribution in [0.15, 0.2) is 53.4 Å². The molecule has 0 saturated heterocycles. The van der Waals surface area contributed by atoms with Gasteiger partial charge in [0, 0.05) is 6.42 Å². The number of sulfonamides is 1. The third-order valence-electron chi connectivity index (χ3n) is 3.65. The van der Waals surface area contributed by atoms with Crippen molar-refractivity contribution < 1.29 is 17.6 Å². The maximum atomic E-state index is 13.5. The summed E-state index contributed by atoms with van der Waals surface area (Å²) in [4.78, 5) is 11.8. The van der Waals surface area contributed by atoms with Gasteiger partial charge < -0.3 is 5.32 Å². The molecule has 120 valence electrons. The van der Waals surface area contributed by atoms with Gasteiger partial charge in [-0.25, -0.2) is 12.8 Å². The average molecular weight is 334 g/mol. The Morgan fingerprint density at radius 2 is 1.91 bits per heavy atom. The number of para-hydroxylation sites is 2. The third kappa shape index (κ3) is 2.79. The molecule has 0 bridgehead atoms. The molecule has 2 aromatic rings. The van der Waals surface area contributed by atoms with E-state index >= 15 is 0 Å². The van der Waals surface area contributed by atoms with Crippen molar-refractivity contribution in [2.75, 3.05) is 9.62 Å². The molecule has 1 aliphatic heterocycles. The molecular weight excluding hydrogens is 319 g/mol. The zero-order valence-electron chi connectivity index (χ0n) is 12.4. The van der Waals surface area contributed by atoms with E-state index in [-0.39, 0.29) is 17.2 Å². The summed E-state index contributed by atoms with van der Waals surface area (Å²) in [5.74, 6) is -0.891. The van der Waals surface area contributed by atoms with Crippen LogP contribution in [-0.4, -0.2) is 20.4 Å². The number of amides is 1. The highest BCUT2D eigenvalue weighted by Crippen LogP contribution is 2.35. The maximum absolute atomic E-state index is 13.5. The van der Waals surface area contributed by atoms with Crippen molar-refractivity contribution in [2.45, 2.75) is 24.3 Å². The predicted molar refractivity (Wildman–Crippen MR) is 85.2 cm³/mol. The number of anilines is 2. The molecular formula is C16H15FN2O3S. The summed E-state index contributed by atoms with van der Waals surface area (Å²) >= 11 is 0. The van der Waals surface area contributed by atoms with Gasteiger partial charge in [0.1, 0.15) is 5.82 Å². The van der Waals surface area contributed by atoms with Gasteiger partial charge >= 0.3 is 0 Å². The Balaban J connectivity index is 2.19. The van der Waals surface area contributed by atoms with Crippen LogP contribution in [0.4, 0.5) is 15.8 Å². The molecule has 1 amide bonds. The van der Waals surface area contributed by atoms with E-state index in [1.54, 1.807) is 31.2 Å². The molecule has 0 fully saturated rings. The lowest BCUT2D eigenvalue weighted by Gasteiger charge is -2.29. The van der Waals surface area contributed by atoms with E-state index in [1.807, 2.05) is 0 Å². The molecule has 5 nitrogen and oxygen atoms in total. The Bertz CT molecular complexity index is 867. The monoisotopic (exact) mass is 334 g/mol. The van der Waals surface area contributed by atoms with Crippen LogP contribution in [0.2, 0.25) is 0 Å². The molecule has 0 aromatic heterocycles. The van der Waals surface area contributed by atoms with Crippen molar-refractivity contribution in [3.8, 4) is 0 Å². The molecule has 0 spiro atoms. The second-order valence-electron chi connectivity index (χ2n) is 5.38. The fraction of sp³-hybridized carbons (Fsp3) is 0.188. The van der Waals surface area contributed by atoms with E-state index < -0.39 is 21.9 Å². The number of hydrogen-bond donors (Lipinski definition) is 1. The summed E-state index contributed by atoms with van der Waals surface area (Å²) in [7, 11) is -3.99. The smallest absolute Gasteiger partial charge is 0.264 e. The lowest BCUT2D eigenvalue weighted by Crippen LogP contribution is -2.39. The summed E-state index contributed by atoms with van der Waals surface area (Å²) in [6, 6.07) is 10.9. The molecule has 1 heterocycles. The summed E-state index contributed by atoms with van der Waals surface area (Å²) in [6.45, 7) is 1.65. The van der Waals surface area contributed by atoms with Crippen molar-refractivity contribution in [3.63, 3.8) is 0 Å². The van der Waals surface area contributed by atoms with Crippen LogP contribution in [0.1, 0.15) is 13.3 Å². The molecule has 1 aliphatic rings. The first-order chi connectivity index (χ1) is 10.9. The molecule has 0 aliphatic carbocycles. The van der Waals surface area contributed by atoms with Crippen LogP contribution in [0.5, 0.6) is 0 Å². The number of carbonyl (C=O) groups is 1. The second kappa shape index (κ2) is 5.66. The Morgan fingerprint density at radius 3 is 2.65 bits per heavy atom. The van der Waals surface area contributed by atoms with Gasteiger partial charge in [-0.1, -0.05) is 18.2 Å². The molecule has 0 saturated carbocycles. The molecule has 0 radical (unpaired) electrons. The lowest BCUT2D eigenvalue weighted by molar-refractivity contribution is -0.116. The van der Waals surface area contributed by atoms with Gasteiger partial charge in [-0.3, -0.25) is 9.10 Å². The van der Waals surface area contributed by atoms with Gasteiger partial charge in [0.05, 0.1) is 22.3 Å². The minimum atomic E-state index is -3.99. The molecule has 1 atom stereocenters. The highest BCUT2D eigenvalue weighted by atomic mass is 32.2. The number of benzene rings is 2. The van der Waals surface area contributed by atoms with Crippen molar-refractivity contribution in [2.24, 2.45) is 0 Å². The first-order valence-electron chi connectivity index (χ1n) is 7.08. The van der Waals surface area contributed by atoms with E-state index in [1.165, 1.54) is 22.5 Å². The van der Waals surface area contributed by atoms with Gasteiger partial charge in [-0.2, -0.15) is 0 Å². The van der Waals surface area contributed by atoms with Crippen LogP contribution in [-0.2, 0) is 14.8 Å². The summed E-state index contributed by atoms with van der Waals surface area (Å²) in [6.07, 6.45) is 0.0171. The maximum Gasteiger partial charge on any atom is 0.264 e.